The number of Topliss-reactive ketones (excluding diaryl/α,β-unsaturated/α-hetero) is 1. The van der Waals surface area contributed by atoms with Gasteiger partial charge < -0.3 is 24.2 Å². The highest BCUT2D eigenvalue weighted by Crippen LogP contribution is 2.39. The first kappa shape index (κ1) is 39.1. The number of piperazine rings is 1. The number of amides is 4. The Morgan fingerprint density at radius 1 is 0.982 bits per heavy atom. The minimum atomic E-state index is -2.79. The molecule has 0 radical (unpaired) electrons. The highest BCUT2D eigenvalue weighted by molar-refractivity contribution is 7.57. The number of unbranched alkanes of at least 4 members (excludes halogenated alkanes) is 1. The van der Waals surface area contributed by atoms with E-state index in [0.717, 1.165) is 65.4 Å². The minimum absolute atomic E-state index is 0.0646. The maximum absolute atomic E-state index is 14.8. The van der Waals surface area contributed by atoms with Gasteiger partial charge in [0, 0.05) is 69.0 Å². The van der Waals surface area contributed by atoms with Crippen LogP contribution in [-0.4, -0.2) is 93.2 Å². The molecule has 2 saturated heterocycles. The highest BCUT2D eigenvalue weighted by Gasteiger charge is 2.51. The first-order chi connectivity index (χ1) is 27.0. The smallest absolute Gasteiger partial charge is 0.334 e. The normalized spacial score (nSPS) is 18.9. The maximum Gasteiger partial charge on any atom is 0.334 e. The first-order valence-corrected chi connectivity index (χ1v) is 22.0. The molecule has 13 heteroatoms. The standard InChI is InChI=1S/C43H51N6O6P/c1-5-7-23-45-27-36(41(51)32-18-19-32)35-15-11-14-33(40(35)45)26-46-28-38-48(37(42(46)52)24-30-16-20-34(21-17-30)55-56(3,4)54)39(50)29-47(22-6-2)49(38)43(53)44-25-31-12-9-8-10-13-31/h6,8-17,20-21,27,32,37-38H,2,5,7,18-19,22-26,28-29H2,1,3-4H3,(H,44,53). The molecule has 3 aliphatic rings. The number of nitrogens with zero attached hydrogens (tertiary/aromatic N) is 5. The molecule has 4 aromatic rings. The summed E-state index contributed by atoms with van der Waals surface area (Å²) in [6.07, 6.45) is 6.75. The van der Waals surface area contributed by atoms with Crippen LogP contribution in [-0.2, 0) is 40.2 Å². The molecule has 1 N–H and O–H groups in total. The van der Waals surface area contributed by atoms with E-state index in [1.165, 1.54) is 0 Å². The number of para-hydroxylation sites is 1. The number of nitrogens with one attached hydrogen (secondary N) is 1. The second-order valence-corrected chi connectivity index (χ2v) is 18.1. The molecule has 1 saturated carbocycles. The van der Waals surface area contributed by atoms with Gasteiger partial charge in [0.1, 0.15) is 18.0 Å². The fourth-order valence-electron chi connectivity index (χ4n) is 7.90. The van der Waals surface area contributed by atoms with Crippen molar-refractivity contribution in [3.63, 3.8) is 0 Å². The van der Waals surface area contributed by atoms with E-state index in [4.69, 9.17) is 4.52 Å². The third-order valence-electron chi connectivity index (χ3n) is 10.7. The fourth-order valence-corrected chi connectivity index (χ4v) is 8.53. The molecule has 7 rings (SSSR count). The van der Waals surface area contributed by atoms with Gasteiger partial charge in [-0.2, -0.15) is 0 Å². The van der Waals surface area contributed by atoms with Crippen molar-refractivity contribution >= 4 is 41.9 Å². The topological polar surface area (TPSA) is 124 Å². The van der Waals surface area contributed by atoms with E-state index < -0.39 is 25.6 Å². The Labute approximate surface area is 328 Å². The number of urea groups is 1. The molecule has 2 aliphatic heterocycles. The van der Waals surface area contributed by atoms with Gasteiger partial charge in [0.25, 0.3) is 0 Å². The van der Waals surface area contributed by atoms with Crippen molar-refractivity contribution < 1.29 is 28.3 Å². The number of rotatable bonds is 15. The molecule has 3 heterocycles. The molecule has 0 bridgehead atoms. The van der Waals surface area contributed by atoms with Crippen molar-refractivity contribution in [3.05, 3.63) is 114 Å². The summed E-state index contributed by atoms with van der Waals surface area (Å²) in [4.78, 5) is 60.1. The number of aromatic nitrogens is 1. The minimum Gasteiger partial charge on any atom is -0.443 e. The lowest BCUT2D eigenvalue weighted by Crippen LogP contribution is -2.76. The molecule has 2 unspecified atom stereocenters. The van der Waals surface area contributed by atoms with Crippen molar-refractivity contribution in [1.82, 2.24) is 29.7 Å². The molecule has 12 nitrogen and oxygen atoms in total. The lowest BCUT2D eigenvalue weighted by molar-refractivity contribution is -0.189. The number of hydrogen-bond donors (Lipinski definition) is 1. The summed E-state index contributed by atoms with van der Waals surface area (Å²) in [5.41, 5.74) is 4.25. The van der Waals surface area contributed by atoms with Gasteiger partial charge in [-0.1, -0.05) is 80.1 Å². The fraction of sp³-hybridized carbons (Fsp3) is 0.395. The zero-order valence-electron chi connectivity index (χ0n) is 32.4. The van der Waals surface area contributed by atoms with Crippen LogP contribution in [0.25, 0.3) is 10.9 Å². The Kier molecular flexibility index (Phi) is 11.5. The van der Waals surface area contributed by atoms with Crippen LogP contribution in [0.4, 0.5) is 4.79 Å². The maximum atomic E-state index is 14.8. The van der Waals surface area contributed by atoms with E-state index in [0.29, 0.717) is 5.75 Å². The van der Waals surface area contributed by atoms with Crippen molar-refractivity contribution in [2.45, 2.75) is 70.9 Å². The second-order valence-electron chi connectivity index (χ2n) is 15.4. The van der Waals surface area contributed by atoms with E-state index in [9.17, 15) is 23.7 Å². The number of benzene rings is 3. The summed E-state index contributed by atoms with van der Waals surface area (Å²) in [7, 11) is -2.79. The molecule has 2 atom stereocenters. The number of aryl methyl sites for hydroxylation is 1. The second kappa shape index (κ2) is 16.5. The molecule has 0 spiro atoms. The molecule has 1 aliphatic carbocycles. The van der Waals surface area contributed by atoms with Crippen molar-refractivity contribution in [1.29, 1.82) is 0 Å². The average Bonchev–Trinajstić information content (AvgIpc) is 3.96. The largest absolute Gasteiger partial charge is 0.443 e. The lowest BCUT2D eigenvalue weighted by atomic mass is 9.97. The van der Waals surface area contributed by atoms with Gasteiger partial charge in [-0.05, 0) is 48.1 Å². The molecular formula is C43H51N6O6P. The summed E-state index contributed by atoms with van der Waals surface area (Å²) in [6.45, 7) is 10.6. The van der Waals surface area contributed by atoms with Gasteiger partial charge in [-0.15, -0.1) is 6.58 Å². The predicted molar refractivity (Wildman–Crippen MR) is 216 cm³/mol. The zero-order chi connectivity index (χ0) is 39.6. The third-order valence-corrected chi connectivity index (χ3v) is 11.3. The molecule has 4 amide bonds. The van der Waals surface area contributed by atoms with Gasteiger partial charge in [-0.3, -0.25) is 18.9 Å². The van der Waals surface area contributed by atoms with Crippen LogP contribution in [0.1, 0.15) is 59.7 Å². The number of carbonyl (C=O) groups is 4. The van der Waals surface area contributed by atoms with Gasteiger partial charge in [0.05, 0.1) is 18.6 Å². The lowest BCUT2D eigenvalue weighted by Gasteiger charge is -2.55. The summed E-state index contributed by atoms with van der Waals surface area (Å²) in [6, 6.07) is 21.3. The predicted octanol–water partition coefficient (Wildman–Crippen LogP) is 6.69. The Hall–Kier alpha value is -5.19. The Morgan fingerprint density at radius 3 is 2.41 bits per heavy atom. The van der Waals surface area contributed by atoms with Crippen LogP contribution in [0, 0.1) is 5.92 Å². The quantitative estimate of drug-likeness (QED) is 0.0811. The Morgan fingerprint density at radius 2 is 1.73 bits per heavy atom. The number of carbonyl (C=O) groups excluding carboxylic acids is 4. The van der Waals surface area contributed by atoms with Crippen LogP contribution in [0.2, 0.25) is 0 Å². The van der Waals surface area contributed by atoms with E-state index in [1.54, 1.807) is 51.4 Å². The number of hydrazine groups is 1. The van der Waals surface area contributed by atoms with Crippen LogP contribution >= 0.6 is 7.37 Å². The molecule has 1 aromatic heterocycles. The van der Waals surface area contributed by atoms with E-state index in [-0.39, 0.29) is 62.7 Å². The van der Waals surface area contributed by atoms with Crippen LogP contribution in [0.3, 0.4) is 0 Å². The Balaban J connectivity index is 1.27. The van der Waals surface area contributed by atoms with Gasteiger partial charge in [0.15, 0.2) is 5.78 Å². The first-order valence-electron chi connectivity index (χ1n) is 19.5. The summed E-state index contributed by atoms with van der Waals surface area (Å²) >= 11 is 0. The molecule has 294 valence electrons. The van der Waals surface area contributed by atoms with Gasteiger partial charge >= 0.3 is 6.03 Å². The van der Waals surface area contributed by atoms with Crippen molar-refractivity contribution in [3.8, 4) is 5.75 Å². The van der Waals surface area contributed by atoms with Gasteiger partial charge in [-0.25, -0.2) is 14.8 Å². The van der Waals surface area contributed by atoms with E-state index in [2.05, 4.69) is 23.4 Å². The number of hydrogen-bond acceptors (Lipinski definition) is 7. The Bertz CT molecular complexity index is 2160. The highest BCUT2D eigenvalue weighted by atomic mass is 31.2. The zero-order valence-corrected chi connectivity index (χ0v) is 33.3. The van der Waals surface area contributed by atoms with Crippen molar-refractivity contribution in [2.24, 2.45) is 5.92 Å². The van der Waals surface area contributed by atoms with E-state index >= 15 is 0 Å². The summed E-state index contributed by atoms with van der Waals surface area (Å²) < 4.78 is 20.1. The molecular weight excluding hydrogens is 727 g/mol. The number of fused-ring (bicyclic) bond motifs is 2. The van der Waals surface area contributed by atoms with Crippen LogP contribution < -0.4 is 9.84 Å². The third kappa shape index (κ3) is 8.46. The average molecular weight is 779 g/mol. The summed E-state index contributed by atoms with van der Waals surface area (Å²) in [5, 5.41) is 7.20. The van der Waals surface area contributed by atoms with Crippen molar-refractivity contribution in [2.75, 3.05) is 33.0 Å². The summed E-state index contributed by atoms with van der Waals surface area (Å²) in [5.74, 6) is 0.185. The van der Waals surface area contributed by atoms with Crippen LogP contribution in [0.15, 0.2) is 91.6 Å². The number of ketones is 1. The SMILES string of the molecule is C=CCN1CC(=O)N2C(Cc3ccc(OP(C)(C)=O)cc3)C(=O)N(Cc3cccc4c(C(=O)C5CC5)cn(CCCC)c34)CC2N1C(=O)NCc1ccccc1. The van der Waals surface area contributed by atoms with Gasteiger partial charge in [0.2, 0.25) is 19.2 Å². The van der Waals surface area contributed by atoms with Crippen LogP contribution in [0.5, 0.6) is 5.75 Å². The molecule has 3 aromatic carbocycles. The monoisotopic (exact) mass is 778 g/mol. The van der Waals surface area contributed by atoms with E-state index in [1.807, 2.05) is 66.9 Å². The molecule has 3 fully saturated rings. The molecule has 56 heavy (non-hydrogen) atoms.